The molecule has 78 valence electrons. The van der Waals surface area contributed by atoms with E-state index in [2.05, 4.69) is 5.92 Å². The molecule has 0 amide bonds. The van der Waals surface area contributed by atoms with E-state index in [-0.39, 0.29) is 5.56 Å². The molecule has 0 atom stereocenters. The molecule has 0 aromatic heterocycles. The van der Waals surface area contributed by atoms with E-state index in [1.807, 2.05) is 0 Å². The van der Waals surface area contributed by atoms with Crippen molar-refractivity contribution in [3.8, 4) is 12.3 Å². The number of aromatic carboxylic acids is 1. The van der Waals surface area contributed by atoms with Crippen LogP contribution in [0.3, 0.4) is 0 Å². The monoisotopic (exact) mass is 204 g/mol. The maximum Gasteiger partial charge on any atom is 0.335 e. The van der Waals surface area contributed by atoms with Gasteiger partial charge in [0.25, 0.3) is 0 Å². The number of hydrogen-bond acceptors (Lipinski definition) is 2. The average molecular weight is 204 g/mol. The van der Waals surface area contributed by atoms with Crippen molar-refractivity contribution in [1.29, 1.82) is 0 Å². The van der Waals surface area contributed by atoms with Crippen LogP contribution in [-0.4, -0.2) is 17.7 Å². The predicted octanol–water partition coefficient (Wildman–Crippen LogP) is 1.92. The average Bonchev–Trinajstić information content (AvgIpc) is 2.25. The summed E-state index contributed by atoms with van der Waals surface area (Å²) in [6.45, 7) is 0.985. The number of carboxylic acid groups (broad SMARTS) is 1. The summed E-state index contributed by atoms with van der Waals surface area (Å²) in [6.07, 6.45) is 5.66. The minimum Gasteiger partial charge on any atom is -0.478 e. The molecular weight excluding hydrogens is 192 g/mol. The Hall–Kier alpha value is -1.79. The van der Waals surface area contributed by atoms with Gasteiger partial charge in [-0.2, -0.15) is 0 Å². The van der Waals surface area contributed by atoms with E-state index in [1.54, 1.807) is 24.3 Å². The summed E-state index contributed by atoms with van der Waals surface area (Å²) < 4.78 is 5.27. The third-order valence-corrected chi connectivity index (χ3v) is 1.86. The summed E-state index contributed by atoms with van der Waals surface area (Å²) in [5.41, 5.74) is 1.22. The molecule has 3 nitrogen and oxygen atoms in total. The van der Waals surface area contributed by atoms with Gasteiger partial charge in [-0.15, -0.1) is 12.3 Å². The van der Waals surface area contributed by atoms with E-state index in [0.29, 0.717) is 19.6 Å². The number of terminal acetylenes is 1. The van der Waals surface area contributed by atoms with Crippen molar-refractivity contribution in [1.82, 2.24) is 0 Å². The van der Waals surface area contributed by atoms with Crippen molar-refractivity contribution in [2.75, 3.05) is 6.61 Å². The van der Waals surface area contributed by atoms with Crippen LogP contribution in [-0.2, 0) is 11.3 Å². The molecule has 0 aliphatic rings. The second kappa shape index (κ2) is 5.84. The van der Waals surface area contributed by atoms with Crippen LogP contribution in [0.4, 0.5) is 0 Å². The van der Waals surface area contributed by atoms with Gasteiger partial charge in [-0.05, 0) is 17.7 Å². The Labute approximate surface area is 88.7 Å². The van der Waals surface area contributed by atoms with Crippen molar-refractivity contribution >= 4 is 5.97 Å². The fraction of sp³-hybridized carbons (Fsp3) is 0.250. The van der Waals surface area contributed by atoms with Gasteiger partial charge in [-0.1, -0.05) is 12.1 Å². The first kappa shape index (κ1) is 11.3. The van der Waals surface area contributed by atoms with Crippen LogP contribution in [0.15, 0.2) is 24.3 Å². The van der Waals surface area contributed by atoms with Gasteiger partial charge in [0, 0.05) is 6.42 Å². The second-order valence-electron chi connectivity index (χ2n) is 3.01. The Balaban J connectivity index is 2.43. The summed E-state index contributed by atoms with van der Waals surface area (Å²) in [5, 5.41) is 8.67. The Bertz CT molecular complexity index is 359. The van der Waals surface area contributed by atoms with Crippen molar-refractivity contribution in [3.63, 3.8) is 0 Å². The highest BCUT2D eigenvalue weighted by molar-refractivity contribution is 5.87. The normalized spacial score (nSPS) is 9.53. The zero-order valence-electron chi connectivity index (χ0n) is 8.27. The highest BCUT2D eigenvalue weighted by atomic mass is 16.5. The molecule has 0 unspecified atom stereocenters. The van der Waals surface area contributed by atoms with Gasteiger partial charge in [0.15, 0.2) is 0 Å². The lowest BCUT2D eigenvalue weighted by Gasteiger charge is -2.02. The van der Waals surface area contributed by atoms with Crippen LogP contribution in [0, 0.1) is 12.3 Å². The summed E-state index contributed by atoms with van der Waals surface area (Å²) in [6, 6.07) is 6.59. The summed E-state index contributed by atoms with van der Waals surface area (Å²) in [4.78, 5) is 10.6. The maximum atomic E-state index is 10.6. The molecule has 0 aliphatic heterocycles. The molecule has 0 bridgehead atoms. The number of benzene rings is 1. The van der Waals surface area contributed by atoms with Gasteiger partial charge in [0.05, 0.1) is 18.8 Å². The first-order valence-corrected chi connectivity index (χ1v) is 4.57. The molecule has 0 fully saturated rings. The van der Waals surface area contributed by atoms with Gasteiger partial charge in [0.2, 0.25) is 0 Å². The Kier molecular flexibility index (Phi) is 4.39. The minimum absolute atomic E-state index is 0.280. The third kappa shape index (κ3) is 3.84. The zero-order valence-corrected chi connectivity index (χ0v) is 8.27. The van der Waals surface area contributed by atoms with E-state index in [0.717, 1.165) is 5.56 Å². The fourth-order valence-electron chi connectivity index (χ4n) is 1.06. The van der Waals surface area contributed by atoms with Crippen molar-refractivity contribution in [2.24, 2.45) is 0 Å². The Morgan fingerprint density at radius 3 is 2.60 bits per heavy atom. The molecule has 0 aliphatic carbocycles. The van der Waals surface area contributed by atoms with Crippen LogP contribution in [0.5, 0.6) is 0 Å². The largest absolute Gasteiger partial charge is 0.478 e. The first-order valence-electron chi connectivity index (χ1n) is 4.57. The van der Waals surface area contributed by atoms with Gasteiger partial charge in [-0.25, -0.2) is 4.79 Å². The van der Waals surface area contributed by atoms with Crippen LogP contribution >= 0.6 is 0 Å². The molecule has 3 heteroatoms. The predicted molar refractivity (Wildman–Crippen MR) is 56.5 cm³/mol. The van der Waals surface area contributed by atoms with E-state index in [4.69, 9.17) is 16.3 Å². The molecule has 0 saturated heterocycles. The highest BCUT2D eigenvalue weighted by Gasteiger charge is 2.01. The van der Waals surface area contributed by atoms with E-state index >= 15 is 0 Å². The molecule has 15 heavy (non-hydrogen) atoms. The zero-order chi connectivity index (χ0) is 11.1. The SMILES string of the molecule is C#CCCOCc1ccc(C(=O)O)cc1. The molecule has 1 N–H and O–H groups in total. The standard InChI is InChI=1S/C12H12O3/c1-2-3-8-15-9-10-4-6-11(7-5-10)12(13)14/h1,4-7H,3,8-9H2,(H,13,14). The smallest absolute Gasteiger partial charge is 0.335 e. The Morgan fingerprint density at radius 2 is 2.07 bits per heavy atom. The number of carbonyl (C=O) groups is 1. The lowest BCUT2D eigenvalue weighted by atomic mass is 10.1. The fourth-order valence-corrected chi connectivity index (χ4v) is 1.06. The van der Waals surface area contributed by atoms with Crippen LogP contribution in [0.1, 0.15) is 22.3 Å². The molecule has 0 heterocycles. The summed E-state index contributed by atoms with van der Waals surface area (Å²) >= 11 is 0. The molecule has 1 rings (SSSR count). The van der Waals surface area contributed by atoms with Crippen LogP contribution in [0.2, 0.25) is 0 Å². The minimum atomic E-state index is -0.921. The molecule has 1 aromatic rings. The Morgan fingerprint density at radius 1 is 1.40 bits per heavy atom. The first-order chi connectivity index (χ1) is 7.24. The van der Waals surface area contributed by atoms with E-state index in [9.17, 15) is 4.79 Å². The number of ether oxygens (including phenoxy) is 1. The maximum absolute atomic E-state index is 10.6. The molecule has 0 saturated carbocycles. The number of hydrogen-bond donors (Lipinski definition) is 1. The topological polar surface area (TPSA) is 46.5 Å². The van der Waals surface area contributed by atoms with Crippen LogP contribution < -0.4 is 0 Å². The molecule has 1 aromatic carbocycles. The third-order valence-electron chi connectivity index (χ3n) is 1.86. The number of carboxylic acids is 1. The summed E-state index contributed by atoms with van der Waals surface area (Å²) in [7, 11) is 0. The highest BCUT2D eigenvalue weighted by Crippen LogP contribution is 2.05. The quantitative estimate of drug-likeness (QED) is 0.588. The molecule has 0 spiro atoms. The van der Waals surface area contributed by atoms with E-state index < -0.39 is 5.97 Å². The lowest BCUT2D eigenvalue weighted by Crippen LogP contribution is -1.98. The van der Waals surface area contributed by atoms with Crippen molar-refractivity contribution in [2.45, 2.75) is 13.0 Å². The van der Waals surface area contributed by atoms with Gasteiger partial charge < -0.3 is 9.84 Å². The van der Waals surface area contributed by atoms with Crippen molar-refractivity contribution < 1.29 is 14.6 Å². The van der Waals surface area contributed by atoms with Gasteiger partial charge in [0.1, 0.15) is 0 Å². The summed E-state index contributed by atoms with van der Waals surface area (Å²) in [5.74, 6) is 1.55. The molecular formula is C12H12O3. The molecule has 0 radical (unpaired) electrons. The van der Waals surface area contributed by atoms with Crippen molar-refractivity contribution in [3.05, 3.63) is 35.4 Å². The second-order valence-corrected chi connectivity index (χ2v) is 3.01. The van der Waals surface area contributed by atoms with Gasteiger partial charge in [-0.3, -0.25) is 0 Å². The lowest BCUT2D eigenvalue weighted by molar-refractivity contribution is 0.0696. The van der Waals surface area contributed by atoms with Gasteiger partial charge >= 0.3 is 5.97 Å². The van der Waals surface area contributed by atoms with E-state index in [1.165, 1.54) is 0 Å². The number of rotatable bonds is 5. The van der Waals surface area contributed by atoms with Crippen LogP contribution in [0.25, 0.3) is 0 Å².